The average Bonchev–Trinajstić information content (AvgIpc) is 2.41. The van der Waals surface area contributed by atoms with E-state index < -0.39 is 0 Å². The fourth-order valence-corrected chi connectivity index (χ4v) is 2.42. The molecular weight excluding hydrogens is 184 g/mol. The van der Waals surface area contributed by atoms with E-state index in [9.17, 15) is 4.79 Å². The Bertz CT molecular complexity index is 175. The second kappa shape index (κ2) is 5.50. The molecule has 1 amide bonds. The monoisotopic (exact) mass is 202 g/mol. The molecule has 4 heteroatoms. The van der Waals surface area contributed by atoms with Crippen LogP contribution in [0.15, 0.2) is 0 Å². The molecule has 0 aromatic carbocycles. The van der Waals surface area contributed by atoms with Crippen LogP contribution in [0.4, 0.5) is 0 Å². The topological polar surface area (TPSA) is 46.3 Å². The lowest BCUT2D eigenvalue weighted by molar-refractivity contribution is -0.129. The summed E-state index contributed by atoms with van der Waals surface area (Å²) in [6, 6.07) is 0. The molecule has 0 radical (unpaired) electrons. The van der Waals surface area contributed by atoms with E-state index in [2.05, 4.69) is 6.26 Å². The van der Waals surface area contributed by atoms with Crippen LogP contribution >= 0.6 is 11.8 Å². The summed E-state index contributed by atoms with van der Waals surface area (Å²) in [6.45, 7) is 1.94. The highest BCUT2D eigenvalue weighted by molar-refractivity contribution is 7.99. The summed E-state index contributed by atoms with van der Waals surface area (Å²) in [5.41, 5.74) is 5.32. The molecule has 2 N–H and O–H groups in total. The zero-order valence-corrected chi connectivity index (χ0v) is 8.98. The first-order valence-electron chi connectivity index (χ1n) is 4.78. The quantitative estimate of drug-likeness (QED) is 0.716. The molecular formula is C9H18N2OS. The predicted octanol–water partition coefficient (Wildman–Crippen LogP) is 0.689. The first-order chi connectivity index (χ1) is 6.27. The zero-order chi connectivity index (χ0) is 9.68. The van der Waals surface area contributed by atoms with Crippen molar-refractivity contribution in [3.8, 4) is 0 Å². The molecule has 13 heavy (non-hydrogen) atoms. The largest absolute Gasteiger partial charge is 0.342 e. The number of thioether (sulfide) groups is 1. The molecule has 1 saturated heterocycles. The van der Waals surface area contributed by atoms with Crippen molar-refractivity contribution >= 4 is 17.7 Å². The smallest absolute Gasteiger partial charge is 0.236 e. The van der Waals surface area contributed by atoms with Crippen LogP contribution < -0.4 is 5.73 Å². The van der Waals surface area contributed by atoms with Crippen LogP contribution in [0.1, 0.15) is 19.3 Å². The summed E-state index contributed by atoms with van der Waals surface area (Å²) in [4.78, 5) is 13.2. The number of carbonyl (C=O) groups excluding carboxylic acids is 1. The number of rotatable bonds is 2. The molecule has 1 aliphatic heterocycles. The van der Waals surface area contributed by atoms with E-state index in [1.807, 2.05) is 16.7 Å². The van der Waals surface area contributed by atoms with Gasteiger partial charge in [-0.25, -0.2) is 0 Å². The van der Waals surface area contributed by atoms with Gasteiger partial charge in [-0.15, -0.1) is 0 Å². The van der Waals surface area contributed by atoms with Crippen LogP contribution in [-0.2, 0) is 4.79 Å². The van der Waals surface area contributed by atoms with Crippen molar-refractivity contribution in [2.24, 2.45) is 5.73 Å². The number of likely N-dealkylation sites (tertiary alicyclic amines) is 1. The SMILES string of the molecule is CSC1CCCN(C(=O)CN)CC1. The average molecular weight is 202 g/mol. The Morgan fingerprint density at radius 1 is 1.54 bits per heavy atom. The van der Waals surface area contributed by atoms with Gasteiger partial charge in [-0.1, -0.05) is 0 Å². The molecule has 76 valence electrons. The van der Waals surface area contributed by atoms with Crippen molar-refractivity contribution < 1.29 is 4.79 Å². The van der Waals surface area contributed by atoms with Crippen molar-refractivity contribution in [2.45, 2.75) is 24.5 Å². The minimum absolute atomic E-state index is 0.0988. The normalized spacial score (nSPS) is 24.2. The van der Waals surface area contributed by atoms with Gasteiger partial charge in [0, 0.05) is 18.3 Å². The van der Waals surface area contributed by atoms with Gasteiger partial charge >= 0.3 is 0 Å². The van der Waals surface area contributed by atoms with Crippen LogP contribution in [0.25, 0.3) is 0 Å². The summed E-state index contributed by atoms with van der Waals surface area (Å²) in [7, 11) is 0. The first-order valence-corrected chi connectivity index (χ1v) is 6.07. The van der Waals surface area contributed by atoms with Crippen LogP contribution in [-0.4, -0.2) is 41.9 Å². The van der Waals surface area contributed by atoms with Crippen molar-refractivity contribution in [2.75, 3.05) is 25.9 Å². The Balaban J connectivity index is 2.40. The molecule has 1 fully saturated rings. The number of hydrogen-bond acceptors (Lipinski definition) is 3. The maximum absolute atomic E-state index is 11.3. The maximum atomic E-state index is 11.3. The van der Waals surface area contributed by atoms with E-state index in [1.165, 1.54) is 6.42 Å². The summed E-state index contributed by atoms with van der Waals surface area (Å²) >= 11 is 1.91. The first kappa shape index (κ1) is 10.9. The van der Waals surface area contributed by atoms with Gasteiger partial charge in [-0.05, 0) is 25.5 Å². The molecule has 0 spiro atoms. The minimum atomic E-state index is 0.0988. The molecule has 0 saturated carbocycles. The second-order valence-electron chi connectivity index (χ2n) is 3.37. The lowest BCUT2D eigenvalue weighted by atomic mass is 10.2. The number of hydrogen-bond donors (Lipinski definition) is 1. The van der Waals surface area contributed by atoms with Crippen LogP contribution in [0.3, 0.4) is 0 Å². The van der Waals surface area contributed by atoms with Gasteiger partial charge in [-0.3, -0.25) is 4.79 Å². The van der Waals surface area contributed by atoms with E-state index >= 15 is 0 Å². The highest BCUT2D eigenvalue weighted by Gasteiger charge is 2.18. The highest BCUT2D eigenvalue weighted by atomic mass is 32.2. The Morgan fingerprint density at radius 2 is 2.31 bits per heavy atom. The number of carbonyl (C=O) groups is 1. The Morgan fingerprint density at radius 3 is 2.92 bits per heavy atom. The third-order valence-corrected chi connectivity index (χ3v) is 3.67. The second-order valence-corrected chi connectivity index (χ2v) is 4.51. The third-order valence-electron chi connectivity index (χ3n) is 2.54. The lowest BCUT2D eigenvalue weighted by Crippen LogP contribution is -2.36. The zero-order valence-electron chi connectivity index (χ0n) is 8.16. The van der Waals surface area contributed by atoms with E-state index in [-0.39, 0.29) is 12.5 Å². The Kier molecular flexibility index (Phi) is 4.59. The Labute approximate surface area is 84.0 Å². The van der Waals surface area contributed by atoms with Crippen molar-refractivity contribution in [3.63, 3.8) is 0 Å². The molecule has 0 aromatic heterocycles. The number of nitrogens with two attached hydrogens (primary N) is 1. The summed E-state index contributed by atoms with van der Waals surface area (Å²) in [5, 5.41) is 0.732. The summed E-state index contributed by atoms with van der Waals surface area (Å²) in [5.74, 6) is 0.0988. The molecule has 1 atom stereocenters. The fraction of sp³-hybridized carbons (Fsp3) is 0.889. The van der Waals surface area contributed by atoms with Gasteiger partial charge in [0.25, 0.3) is 0 Å². The molecule has 1 heterocycles. The van der Waals surface area contributed by atoms with E-state index in [1.54, 1.807) is 0 Å². The van der Waals surface area contributed by atoms with Crippen molar-refractivity contribution in [3.05, 3.63) is 0 Å². The highest BCUT2D eigenvalue weighted by Crippen LogP contribution is 2.20. The number of nitrogens with zero attached hydrogens (tertiary/aromatic N) is 1. The predicted molar refractivity (Wildman–Crippen MR) is 56.8 cm³/mol. The van der Waals surface area contributed by atoms with Gasteiger partial charge in [-0.2, -0.15) is 11.8 Å². The molecule has 1 aliphatic rings. The van der Waals surface area contributed by atoms with Gasteiger partial charge in [0.1, 0.15) is 0 Å². The Hall–Kier alpha value is -0.220. The molecule has 1 unspecified atom stereocenters. The van der Waals surface area contributed by atoms with Crippen LogP contribution in [0.2, 0.25) is 0 Å². The van der Waals surface area contributed by atoms with Gasteiger partial charge in [0.2, 0.25) is 5.91 Å². The van der Waals surface area contributed by atoms with Crippen molar-refractivity contribution in [1.29, 1.82) is 0 Å². The van der Waals surface area contributed by atoms with E-state index in [0.717, 1.165) is 31.2 Å². The molecule has 0 aliphatic carbocycles. The number of amides is 1. The van der Waals surface area contributed by atoms with E-state index in [4.69, 9.17) is 5.73 Å². The molecule has 0 aromatic rings. The molecule has 1 rings (SSSR count). The van der Waals surface area contributed by atoms with Gasteiger partial charge < -0.3 is 10.6 Å². The summed E-state index contributed by atoms with van der Waals surface area (Å²) < 4.78 is 0. The standard InChI is InChI=1S/C9H18N2OS/c1-13-8-3-2-5-11(6-4-8)9(12)7-10/h8H,2-7,10H2,1H3. The van der Waals surface area contributed by atoms with Crippen LogP contribution in [0, 0.1) is 0 Å². The lowest BCUT2D eigenvalue weighted by Gasteiger charge is -2.19. The van der Waals surface area contributed by atoms with Crippen molar-refractivity contribution in [1.82, 2.24) is 4.90 Å². The molecule has 3 nitrogen and oxygen atoms in total. The van der Waals surface area contributed by atoms with Gasteiger partial charge in [0.15, 0.2) is 0 Å². The third kappa shape index (κ3) is 3.19. The van der Waals surface area contributed by atoms with Gasteiger partial charge in [0.05, 0.1) is 6.54 Å². The van der Waals surface area contributed by atoms with Crippen LogP contribution in [0.5, 0.6) is 0 Å². The molecule has 0 bridgehead atoms. The minimum Gasteiger partial charge on any atom is -0.342 e. The fourth-order valence-electron chi connectivity index (χ4n) is 1.68. The van der Waals surface area contributed by atoms with E-state index in [0.29, 0.717) is 0 Å². The summed E-state index contributed by atoms with van der Waals surface area (Å²) in [6.07, 6.45) is 5.62. The maximum Gasteiger partial charge on any atom is 0.236 e.